The van der Waals surface area contributed by atoms with Gasteiger partial charge in [-0.2, -0.15) is 0 Å². The maximum atomic E-state index is 13.2. The van der Waals surface area contributed by atoms with Crippen molar-refractivity contribution >= 4 is 5.69 Å². The zero-order chi connectivity index (χ0) is 11.7. The summed E-state index contributed by atoms with van der Waals surface area (Å²) in [6.07, 6.45) is 1.04. The average Bonchev–Trinajstić information content (AvgIpc) is 2.55. The minimum atomic E-state index is -0.139. The lowest BCUT2D eigenvalue weighted by Gasteiger charge is -2.16. The molecule has 2 rings (SSSR count). The molecule has 0 amide bonds. The molecular formula is C13H19FN2. The molecule has 0 aromatic heterocycles. The van der Waals surface area contributed by atoms with E-state index >= 15 is 0 Å². The first-order valence-electron chi connectivity index (χ1n) is 5.82. The summed E-state index contributed by atoms with van der Waals surface area (Å²) in [6.45, 7) is 3.82. The van der Waals surface area contributed by atoms with Gasteiger partial charge >= 0.3 is 0 Å². The summed E-state index contributed by atoms with van der Waals surface area (Å²) in [4.78, 5) is 2.20. The fourth-order valence-electron chi connectivity index (χ4n) is 2.51. The molecule has 0 bridgehead atoms. The maximum absolute atomic E-state index is 13.2. The van der Waals surface area contributed by atoms with Gasteiger partial charge in [-0.15, -0.1) is 0 Å². The van der Waals surface area contributed by atoms with E-state index in [9.17, 15) is 4.39 Å². The van der Waals surface area contributed by atoms with E-state index in [0.717, 1.165) is 24.2 Å². The van der Waals surface area contributed by atoms with Crippen molar-refractivity contribution in [2.75, 3.05) is 25.0 Å². The van der Waals surface area contributed by atoms with Crippen LogP contribution in [0, 0.1) is 11.7 Å². The van der Waals surface area contributed by atoms with Gasteiger partial charge in [0.2, 0.25) is 0 Å². The SMILES string of the molecule is CC(CN)CC1CN(C)c2ccc(F)cc21. The molecule has 0 saturated heterocycles. The van der Waals surface area contributed by atoms with E-state index in [1.165, 1.54) is 6.07 Å². The van der Waals surface area contributed by atoms with E-state index in [0.29, 0.717) is 18.4 Å². The van der Waals surface area contributed by atoms with E-state index in [-0.39, 0.29) is 5.82 Å². The summed E-state index contributed by atoms with van der Waals surface area (Å²) >= 11 is 0. The Balaban J connectivity index is 2.24. The van der Waals surface area contributed by atoms with Crippen molar-refractivity contribution in [1.82, 2.24) is 0 Å². The van der Waals surface area contributed by atoms with Crippen LogP contribution in [0.3, 0.4) is 0 Å². The van der Waals surface area contributed by atoms with Crippen LogP contribution in [0.4, 0.5) is 10.1 Å². The molecule has 1 aromatic carbocycles. The topological polar surface area (TPSA) is 29.3 Å². The van der Waals surface area contributed by atoms with E-state index in [2.05, 4.69) is 18.9 Å². The van der Waals surface area contributed by atoms with Gasteiger partial charge in [-0.05, 0) is 42.6 Å². The van der Waals surface area contributed by atoms with E-state index in [1.807, 2.05) is 6.07 Å². The fourth-order valence-corrected chi connectivity index (χ4v) is 2.51. The number of hydrogen-bond donors (Lipinski definition) is 1. The van der Waals surface area contributed by atoms with Gasteiger partial charge in [0.1, 0.15) is 5.82 Å². The Bertz CT molecular complexity index is 378. The van der Waals surface area contributed by atoms with E-state index in [4.69, 9.17) is 5.73 Å². The summed E-state index contributed by atoms with van der Waals surface area (Å²) in [6, 6.07) is 5.08. The monoisotopic (exact) mass is 222 g/mol. The highest BCUT2D eigenvalue weighted by Gasteiger charge is 2.27. The quantitative estimate of drug-likeness (QED) is 0.850. The van der Waals surface area contributed by atoms with Gasteiger partial charge in [0, 0.05) is 25.2 Å². The average molecular weight is 222 g/mol. The second-order valence-electron chi connectivity index (χ2n) is 4.86. The molecule has 0 spiro atoms. The Morgan fingerprint density at radius 3 is 3.00 bits per heavy atom. The Kier molecular flexibility index (Phi) is 3.15. The number of nitrogens with zero attached hydrogens (tertiary/aromatic N) is 1. The lowest BCUT2D eigenvalue weighted by atomic mass is 9.91. The van der Waals surface area contributed by atoms with Crippen LogP contribution in [0.2, 0.25) is 0 Å². The third-order valence-corrected chi connectivity index (χ3v) is 3.42. The molecule has 0 radical (unpaired) electrons. The standard InChI is InChI=1S/C13H19FN2/c1-9(7-15)5-10-8-16(2)13-4-3-11(14)6-12(10)13/h3-4,6,9-10H,5,7-8,15H2,1-2H3. The number of hydrogen-bond acceptors (Lipinski definition) is 2. The highest BCUT2D eigenvalue weighted by Crippen LogP contribution is 2.38. The van der Waals surface area contributed by atoms with Crippen LogP contribution < -0.4 is 10.6 Å². The molecule has 0 fully saturated rings. The molecule has 2 atom stereocenters. The predicted molar refractivity (Wildman–Crippen MR) is 65.2 cm³/mol. The number of nitrogens with two attached hydrogens (primary N) is 1. The predicted octanol–water partition coefficient (Wildman–Crippen LogP) is 2.34. The summed E-state index contributed by atoms with van der Waals surface area (Å²) in [5, 5.41) is 0. The molecule has 0 saturated carbocycles. The molecule has 2 unspecified atom stereocenters. The third kappa shape index (κ3) is 2.05. The molecule has 2 nitrogen and oxygen atoms in total. The molecule has 1 heterocycles. The lowest BCUT2D eigenvalue weighted by Crippen LogP contribution is -2.19. The Morgan fingerprint density at radius 2 is 2.31 bits per heavy atom. The zero-order valence-electron chi connectivity index (χ0n) is 9.91. The summed E-state index contributed by atoms with van der Waals surface area (Å²) < 4.78 is 13.2. The second kappa shape index (κ2) is 4.42. The van der Waals surface area contributed by atoms with Crippen molar-refractivity contribution < 1.29 is 4.39 Å². The van der Waals surface area contributed by atoms with Crippen LogP contribution >= 0.6 is 0 Å². The fraction of sp³-hybridized carbons (Fsp3) is 0.538. The summed E-state index contributed by atoms with van der Waals surface area (Å²) in [5.41, 5.74) is 7.95. The van der Waals surface area contributed by atoms with E-state index in [1.54, 1.807) is 6.07 Å². The molecule has 0 aliphatic carbocycles. The smallest absolute Gasteiger partial charge is 0.123 e. The van der Waals surface area contributed by atoms with Crippen molar-refractivity contribution in [3.63, 3.8) is 0 Å². The van der Waals surface area contributed by atoms with Gasteiger partial charge in [0.05, 0.1) is 0 Å². The Labute approximate surface area is 96.2 Å². The minimum Gasteiger partial charge on any atom is -0.374 e. The van der Waals surface area contributed by atoms with Gasteiger partial charge in [-0.3, -0.25) is 0 Å². The molecule has 1 aliphatic rings. The van der Waals surface area contributed by atoms with Gasteiger partial charge in [0.15, 0.2) is 0 Å². The van der Waals surface area contributed by atoms with Crippen LogP contribution in [0.1, 0.15) is 24.8 Å². The minimum absolute atomic E-state index is 0.139. The molecule has 1 aliphatic heterocycles. The molecule has 1 aromatic rings. The number of anilines is 1. The zero-order valence-corrected chi connectivity index (χ0v) is 9.91. The number of halogens is 1. The first kappa shape index (κ1) is 11.4. The van der Waals surface area contributed by atoms with Crippen LogP contribution in [-0.2, 0) is 0 Å². The highest BCUT2D eigenvalue weighted by atomic mass is 19.1. The molecule has 3 heteroatoms. The summed E-state index contributed by atoms with van der Waals surface area (Å²) in [5.74, 6) is 0.779. The molecule has 2 N–H and O–H groups in total. The number of benzene rings is 1. The molecule has 88 valence electrons. The van der Waals surface area contributed by atoms with Crippen LogP contribution in [-0.4, -0.2) is 20.1 Å². The highest BCUT2D eigenvalue weighted by molar-refractivity contribution is 5.59. The van der Waals surface area contributed by atoms with E-state index < -0.39 is 0 Å². The van der Waals surface area contributed by atoms with Crippen LogP contribution in [0.15, 0.2) is 18.2 Å². The maximum Gasteiger partial charge on any atom is 0.123 e. The van der Waals surface area contributed by atoms with Crippen molar-refractivity contribution in [3.05, 3.63) is 29.6 Å². The Hall–Kier alpha value is -1.09. The summed E-state index contributed by atoms with van der Waals surface area (Å²) in [7, 11) is 2.06. The number of likely N-dealkylation sites (N-methyl/N-ethyl adjacent to an activating group) is 1. The van der Waals surface area contributed by atoms with Crippen LogP contribution in [0.5, 0.6) is 0 Å². The molecule has 16 heavy (non-hydrogen) atoms. The number of fused-ring (bicyclic) bond motifs is 1. The van der Waals surface area contributed by atoms with Crippen molar-refractivity contribution in [2.24, 2.45) is 11.7 Å². The van der Waals surface area contributed by atoms with Gasteiger partial charge in [0.25, 0.3) is 0 Å². The Morgan fingerprint density at radius 1 is 1.56 bits per heavy atom. The van der Waals surface area contributed by atoms with Crippen molar-refractivity contribution in [1.29, 1.82) is 0 Å². The van der Waals surface area contributed by atoms with Gasteiger partial charge < -0.3 is 10.6 Å². The second-order valence-corrected chi connectivity index (χ2v) is 4.86. The normalized spacial score (nSPS) is 21.0. The van der Waals surface area contributed by atoms with Crippen molar-refractivity contribution in [3.8, 4) is 0 Å². The first-order valence-corrected chi connectivity index (χ1v) is 5.82. The third-order valence-electron chi connectivity index (χ3n) is 3.42. The van der Waals surface area contributed by atoms with Gasteiger partial charge in [-0.1, -0.05) is 6.92 Å². The number of rotatable bonds is 3. The molecular weight excluding hydrogens is 203 g/mol. The largest absolute Gasteiger partial charge is 0.374 e. The van der Waals surface area contributed by atoms with Crippen LogP contribution in [0.25, 0.3) is 0 Å². The lowest BCUT2D eigenvalue weighted by molar-refractivity contribution is 0.485. The van der Waals surface area contributed by atoms with Gasteiger partial charge in [-0.25, -0.2) is 4.39 Å². The van der Waals surface area contributed by atoms with Crippen molar-refractivity contribution in [2.45, 2.75) is 19.3 Å². The first-order chi connectivity index (χ1) is 7.61.